The Morgan fingerprint density at radius 3 is 2.81 bits per heavy atom. The summed E-state index contributed by atoms with van der Waals surface area (Å²) >= 11 is 0. The van der Waals surface area contributed by atoms with Gasteiger partial charge in [-0.05, 0) is 43.0 Å². The number of carbonyl (C=O) groups excluding carboxylic acids is 1. The molecule has 4 rings (SSSR count). The molecule has 7 heteroatoms. The van der Waals surface area contributed by atoms with Crippen LogP contribution in [0.15, 0.2) is 41.3 Å². The summed E-state index contributed by atoms with van der Waals surface area (Å²) in [5.41, 5.74) is 0.997. The fourth-order valence-corrected chi connectivity index (χ4v) is 3.80. The number of fused-ring (bicyclic) bond motifs is 1. The monoisotopic (exact) mass is 368 g/mol. The van der Waals surface area contributed by atoms with E-state index in [0.29, 0.717) is 34.7 Å². The first-order chi connectivity index (χ1) is 13.1. The van der Waals surface area contributed by atoms with E-state index in [0.717, 1.165) is 12.8 Å². The number of pyridine rings is 1. The van der Waals surface area contributed by atoms with Gasteiger partial charge >= 0.3 is 0 Å². The fraction of sp³-hybridized carbons (Fsp3) is 0.350. The van der Waals surface area contributed by atoms with Gasteiger partial charge in [-0.3, -0.25) is 14.3 Å². The van der Waals surface area contributed by atoms with Crippen LogP contribution in [0.4, 0.5) is 10.1 Å². The van der Waals surface area contributed by atoms with Crippen molar-refractivity contribution in [3.05, 3.63) is 58.4 Å². The molecule has 1 aliphatic rings. The number of aromatic amines is 1. The standard InChI is InChI=1S/C20H21FN4O2/c21-14-6-7-17-16(10-14)19(20(27)23-15-8-9-22-18(26)11-15)25(24-17)12-13-4-2-1-3-5-13/h6-11,13H,1-5,12H2,(H2,22,23,26,27). The van der Waals surface area contributed by atoms with E-state index >= 15 is 0 Å². The third kappa shape index (κ3) is 3.77. The first kappa shape index (κ1) is 17.5. The number of H-pyrrole nitrogens is 1. The lowest BCUT2D eigenvalue weighted by molar-refractivity contribution is 0.101. The molecule has 140 valence electrons. The van der Waals surface area contributed by atoms with Gasteiger partial charge in [-0.25, -0.2) is 4.39 Å². The molecule has 1 aliphatic carbocycles. The van der Waals surface area contributed by atoms with Gasteiger partial charge in [0.1, 0.15) is 11.5 Å². The molecule has 0 aliphatic heterocycles. The second kappa shape index (κ2) is 7.34. The van der Waals surface area contributed by atoms with Crippen molar-refractivity contribution in [2.45, 2.75) is 38.6 Å². The smallest absolute Gasteiger partial charge is 0.274 e. The van der Waals surface area contributed by atoms with Crippen molar-refractivity contribution in [3.63, 3.8) is 0 Å². The Kier molecular flexibility index (Phi) is 4.75. The third-order valence-electron chi connectivity index (χ3n) is 5.10. The zero-order valence-corrected chi connectivity index (χ0v) is 14.9. The van der Waals surface area contributed by atoms with Crippen LogP contribution in [0.3, 0.4) is 0 Å². The Bertz CT molecular complexity index is 1030. The molecule has 6 nitrogen and oxygen atoms in total. The highest BCUT2D eigenvalue weighted by Gasteiger charge is 2.22. The zero-order chi connectivity index (χ0) is 18.8. The molecule has 0 spiro atoms. The summed E-state index contributed by atoms with van der Waals surface area (Å²) in [6, 6.07) is 7.18. The molecular weight excluding hydrogens is 347 g/mol. The number of carbonyl (C=O) groups is 1. The molecule has 2 aromatic heterocycles. The lowest BCUT2D eigenvalue weighted by Crippen LogP contribution is -2.22. The van der Waals surface area contributed by atoms with Crippen molar-refractivity contribution in [2.24, 2.45) is 5.92 Å². The van der Waals surface area contributed by atoms with Crippen LogP contribution >= 0.6 is 0 Å². The number of aromatic nitrogens is 3. The number of nitrogens with zero attached hydrogens (tertiary/aromatic N) is 2. The van der Waals surface area contributed by atoms with Gasteiger partial charge < -0.3 is 10.3 Å². The van der Waals surface area contributed by atoms with Crippen LogP contribution < -0.4 is 10.9 Å². The normalized spacial score (nSPS) is 15.1. The van der Waals surface area contributed by atoms with E-state index in [9.17, 15) is 14.0 Å². The van der Waals surface area contributed by atoms with Crippen molar-refractivity contribution in [2.75, 3.05) is 5.32 Å². The minimum atomic E-state index is -0.412. The molecule has 1 aromatic carbocycles. The molecule has 0 saturated heterocycles. The van der Waals surface area contributed by atoms with E-state index < -0.39 is 11.7 Å². The van der Waals surface area contributed by atoms with Crippen LogP contribution in [-0.4, -0.2) is 20.7 Å². The minimum absolute atomic E-state index is 0.306. The number of amides is 1. The maximum Gasteiger partial charge on any atom is 0.274 e. The Morgan fingerprint density at radius 1 is 1.22 bits per heavy atom. The number of nitrogens with one attached hydrogen (secondary N) is 2. The maximum atomic E-state index is 13.8. The Labute approximate surface area is 155 Å². The topological polar surface area (TPSA) is 79.8 Å². The van der Waals surface area contributed by atoms with Gasteiger partial charge in [0, 0.05) is 29.9 Å². The summed E-state index contributed by atoms with van der Waals surface area (Å²) in [4.78, 5) is 26.9. The summed E-state index contributed by atoms with van der Waals surface area (Å²) in [7, 11) is 0. The number of rotatable bonds is 4. The van der Waals surface area contributed by atoms with E-state index in [2.05, 4.69) is 15.4 Å². The Hall–Kier alpha value is -2.96. The predicted octanol–water partition coefficient (Wildman–Crippen LogP) is 3.70. The molecule has 1 saturated carbocycles. The largest absolute Gasteiger partial charge is 0.329 e. The lowest BCUT2D eigenvalue weighted by atomic mass is 9.89. The molecule has 0 atom stereocenters. The van der Waals surface area contributed by atoms with E-state index in [-0.39, 0.29) is 5.56 Å². The van der Waals surface area contributed by atoms with E-state index in [4.69, 9.17) is 0 Å². The third-order valence-corrected chi connectivity index (χ3v) is 5.10. The Morgan fingerprint density at radius 2 is 2.04 bits per heavy atom. The first-order valence-electron chi connectivity index (χ1n) is 9.26. The van der Waals surface area contributed by atoms with E-state index in [1.807, 2.05) is 0 Å². The number of halogens is 1. The molecular formula is C20H21FN4O2. The highest BCUT2D eigenvalue weighted by Crippen LogP contribution is 2.27. The van der Waals surface area contributed by atoms with Crippen LogP contribution in [0.1, 0.15) is 42.6 Å². The van der Waals surface area contributed by atoms with Crippen molar-refractivity contribution in [3.8, 4) is 0 Å². The van der Waals surface area contributed by atoms with Gasteiger partial charge in [0.05, 0.1) is 5.52 Å². The zero-order valence-electron chi connectivity index (χ0n) is 14.9. The quantitative estimate of drug-likeness (QED) is 0.737. The van der Waals surface area contributed by atoms with Crippen LogP contribution in [-0.2, 0) is 6.54 Å². The number of benzene rings is 1. The highest BCUT2D eigenvalue weighted by molar-refractivity contribution is 6.11. The summed E-state index contributed by atoms with van der Waals surface area (Å²) < 4.78 is 15.5. The highest BCUT2D eigenvalue weighted by atomic mass is 19.1. The molecule has 1 amide bonds. The van der Waals surface area contributed by atoms with Crippen molar-refractivity contribution in [1.29, 1.82) is 0 Å². The van der Waals surface area contributed by atoms with Crippen molar-refractivity contribution >= 4 is 22.5 Å². The van der Waals surface area contributed by atoms with Crippen LogP contribution in [0.2, 0.25) is 0 Å². The Balaban J connectivity index is 1.71. The van der Waals surface area contributed by atoms with Crippen LogP contribution in [0.5, 0.6) is 0 Å². The SMILES string of the molecule is O=C(Nc1cc[nH]c(=O)c1)c1c2cc(F)ccc2nn1CC1CCCCC1. The summed E-state index contributed by atoms with van der Waals surface area (Å²) in [5.74, 6) is -0.349. The molecule has 2 heterocycles. The molecule has 2 N–H and O–H groups in total. The average Bonchev–Trinajstić information content (AvgIpc) is 2.99. The molecule has 3 aromatic rings. The lowest BCUT2D eigenvalue weighted by Gasteiger charge is -2.22. The van der Waals surface area contributed by atoms with Crippen molar-refractivity contribution in [1.82, 2.24) is 14.8 Å². The molecule has 0 radical (unpaired) electrons. The summed E-state index contributed by atoms with van der Waals surface area (Å²) in [6.07, 6.45) is 7.32. The predicted molar refractivity (Wildman–Crippen MR) is 101 cm³/mol. The van der Waals surface area contributed by atoms with Crippen LogP contribution in [0.25, 0.3) is 10.9 Å². The molecule has 27 heavy (non-hydrogen) atoms. The number of hydrogen-bond acceptors (Lipinski definition) is 3. The fourth-order valence-electron chi connectivity index (χ4n) is 3.80. The van der Waals surface area contributed by atoms with Gasteiger partial charge in [-0.15, -0.1) is 0 Å². The van der Waals surface area contributed by atoms with Gasteiger partial charge in [0.2, 0.25) is 5.56 Å². The van der Waals surface area contributed by atoms with E-state index in [1.165, 1.54) is 43.7 Å². The summed E-state index contributed by atoms with van der Waals surface area (Å²) in [5, 5.41) is 7.76. The maximum absolute atomic E-state index is 13.8. The molecule has 0 unspecified atom stereocenters. The second-order valence-electron chi connectivity index (χ2n) is 7.09. The average molecular weight is 368 g/mol. The number of hydrogen-bond donors (Lipinski definition) is 2. The molecule has 1 fully saturated rings. The van der Waals surface area contributed by atoms with Crippen LogP contribution in [0, 0.1) is 11.7 Å². The van der Waals surface area contributed by atoms with Gasteiger partial charge in [-0.1, -0.05) is 19.3 Å². The van der Waals surface area contributed by atoms with E-state index in [1.54, 1.807) is 16.8 Å². The summed E-state index contributed by atoms with van der Waals surface area (Å²) in [6.45, 7) is 0.633. The van der Waals surface area contributed by atoms with Gasteiger partial charge in [0.15, 0.2) is 0 Å². The first-order valence-corrected chi connectivity index (χ1v) is 9.26. The second-order valence-corrected chi connectivity index (χ2v) is 7.09. The minimum Gasteiger partial charge on any atom is -0.329 e. The van der Waals surface area contributed by atoms with Gasteiger partial charge in [-0.2, -0.15) is 5.10 Å². The molecule has 0 bridgehead atoms. The van der Waals surface area contributed by atoms with Gasteiger partial charge in [0.25, 0.3) is 5.91 Å². The van der Waals surface area contributed by atoms with Crippen molar-refractivity contribution < 1.29 is 9.18 Å². The number of anilines is 1.